The second kappa shape index (κ2) is 1.81. The zero-order valence-electron chi connectivity index (χ0n) is 6.19. The van der Waals surface area contributed by atoms with E-state index >= 15 is 0 Å². The molecule has 0 aliphatic heterocycles. The van der Waals surface area contributed by atoms with Crippen molar-refractivity contribution in [1.29, 1.82) is 0 Å². The van der Waals surface area contributed by atoms with Crippen molar-refractivity contribution in [2.45, 2.75) is 26.3 Å². The van der Waals surface area contributed by atoms with Gasteiger partial charge in [0, 0.05) is 11.5 Å². The van der Waals surface area contributed by atoms with Gasteiger partial charge >= 0.3 is 0 Å². The van der Waals surface area contributed by atoms with Crippen molar-refractivity contribution in [2.24, 2.45) is 5.41 Å². The van der Waals surface area contributed by atoms with Crippen LogP contribution in [-0.2, 0) is 4.79 Å². The van der Waals surface area contributed by atoms with Crippen LogP contribution in [0.2, 0.25) is 0 Å². The zero-order chi connectivity index (χ0) is 7.07. The molecule has 1 aliphatic carbocycles. The summed E-state index contributed by atoms with van der Waals surface area (Å²) in [6, 6.07) is 0.440. The first-order valence-electron chi connectivity index (χ1n) is 3.29. The fraction of sp³-hybridized carbons (Fsp3) is 0.857. The molecule has 52 valence electrons. The number of Topliss-reactive ketones (excluding diaryl/α,β-unsaturated/α-hetero) is 1. The Kier molecular flexibility index (Phi) is 1.35. The third kappa shape index (κ3) is 0.874. The van der Waals surface area contributed by atoms with E-state index in [2.05, 4.69) is 5.32 Å². The van der Waals surface area contributed by atoms with E-state index in [0.717, 1.165) is 6.42 Å². The van der Waals surface area contributed by atoms with Crippen LogP contribution in [0.25, 0.3) is 0 Å². The first-order chi connectivity index (χ1) is 4.11. The molecular formula is C7H13NO. The van der Waals surface area contributed by atoms with E-state index in [1.54, 1.807) is 6.92 Å². The molecule has 9 heavy (non-hydrogen) atoms. The number of nitrogens with one attached hydrogen (secondary N) is 1. The summed E-state index contributed by atoms with van der Waals surface area (Å²) >= 11 is 0. The summed E-state index contributed by atoms with van der Waals surface area (Å²) < 4.78 is 0. The predicted molar refractivity (Wildman–Crippen MR) is 36.3 cm³/mol. The summed E-state index contributed by atoms with van der Waals surface area (Å²) in [6.45, 7) is 3.67. The predicted octanol–water partition coefficient (Wildman–Crippen LogP) is 0.573. The quantitative estimate of drug-likeness (QED) is 0.587. The van der Waals surface area contributed by atoms with Gasteiger partial charge in [0.2, 0.25) is 0 Å². The van der Waals surface area contributed by atoms with Crippen LogP contribution in [0.5, 0.6) is 0 Å². The molecule has 0 unspecified atom stereocenters. The van der Waals surface area contributed by atoms with Gasteiger partial charge in [0.1, 0.15) is 5.78 Å². The Morgan fingerprint density at radius 2 is 2.33 bits per heavy atom. The number of hydrogen-bond donors (Lipinski definition) is 1. The highest BCUT2D eigenvalue weighted by molar-refractivity contribution is 5.86. The van der Waals surface area contributed by atoms with Crippen molar-refractivity contribution in [3.63, 3.8) is 0 Å². The molecule has 0 spiro atoms. The lowest BCUT2D eigenvalue weighted by Gasteiger charge is -2.03. The maximum atomic E-state index is 10.9. The molecule has 1 aliphatic rings. The van der Waals surface area contributed by atoms with Crippen molar-refractivity contribution in [2.75, 3.05) is 7.05 Å². The van der Waals surface area contributed by atoms with Crippen molar-refractivity contribution < 1.29 is 4.79 Å². The van der Waals surface area contributed by atoms with Crippen molar-refractivity contribution in [3.05, 3.63) is 0 Å². The van der Waals surface area contributed by atoms with Gasteiger partial charge in [-0.1, -0.05) is 6.92 Å². The highest BCUT2D eigenvalue weighted by Crippen LogP contribution is 2.45. The van der Waals surface area contributed by atoms with Gasteiger partial charge in [-0.2, -0.15) is 0 Å². The Labute approximate surface area is 55.6 Å². The van der Waals surface area contributed by atoms with Crippen LogP contribution in [-0.4, -0.2) is 18.9 Å². The Bertz CT molecular complexity index is 144. The smallest absolute Gasteiger partial charge is 0.137 e. The molecule has 0 aromatic rings. The van der Waals surface area contributed by atoms with Crippen molar-refractivity contribution >= 4 is 5.78 Å². The molecule has 1 saturated carbocycles. The first kappa shape index (κ1) is 6.75. The molecule has 0 saturated heterocycles. The number of carbonyl (C=O) groups is 1. The number of hydrogen-bond acceptors (Lipinski definition) is 2. The van der Waals surface area contributed by atoms with E-state index in [4.69, 9.17) is 0 Å². The van der Waals surface area contributed by atoms with Gasteiger partial charge in [-0.3, -0.25) is 4.79 Å². The topological polar surface area (TPSA) is 29.1 Å². The minimum Gasteiger partial charge on any atom is -0.316 e. The van der Waals surface area contributed by atoms with E-state index in [1.165, 1.54) is 0 Å². The number of carbonyl (C=O) groups excluding carboxylic acids is 1. The van der Waals surface area contributed by atoms with Crippen molar-refractivity contribution in [3.8, 4) is 0 Å². The Hall–Kier alpha value is -0.370. The molecule has 0 aromatic carbocycles. The lowest BCUT2D eigenvalue weighted by atomic mass is 10.1. The van der Waals surface area contributed by atoms with Gasteiger partial charge in [-0.15, -0.1) is 0 Å². The standard InChI is InChI=1S/C7H13NO/c1-5(9)7(2)4-6(7)8-3/h6,8H,4H2,1-3H3/t6-,7-/m1/s1. The van der Waals surface area contributed by atoms with Crippen LogP contribution in [0, 0.1) is 5.41 Å². The maximum absolute atomic E-state index is 10.9. The third-order valence-electron chi connectivity index (χ3n) is 2.39. The Morgan fingerprint density at radius 3 is 2.44 bits per heavy atom. The minimum atomic E-state index is -0.0330. The molecule has 2 atom stereocenters. The summed E-state index contributed by atoms with van der Waals surface area (Å²) in [5.74, 6) is 0.307. The number of ketones is 1. The van der Waals surface area contributed by atoms with E-state index in [1.807, 2.05) is 14.0 Å². The van der Waals surface area contributed by atoms with Crippen LogP contribution >= 0.6 is 0 Å². The second-order valence-electron chi connectivity index (χ2n) is 3.02. The van der Waals surface area contributed by atoms with Gasteiger partial charge in [-0.05, 0) is 20.4 Å². The fourth-order valence-electron chi connectivity index (χ4n) is 1.17. The molecule has 0 bridgehead atoms. The largest absolute Gasteiger partial charge is 0.316 e. The van der Waals surface area contributed by atoms with Crippen LogP contribution in [0.1, 0.15) is 20.3 Å². The summed E-state index contributed by atoms with van der Waals surface area (Å²) in [5.41, 5.74) is -0.0330. The van der Waals surface area contributed by atoms with Crippen molar-refractivity contribution in [1.82, 2.24) is 5.32 Å². The molecule has 0 aromatic heterocycles. The minimum absolute atomic E-state index is 0.0330. The van der Waals surface area contributed by atoms with Crippen LogP contribution in [0.4, 0.5) is 0 Å². The molecule has 2 nitrogen and oxygen atoms in total. The summed E-state index contributed by atoms with van der Waals surface area (Å²) in [4.78, 5) is 10.9. The normalized spacial score (nSPS) is 40.6. The highest BCUT2D eigenvalue weighted by Gasteiger charge is 2.52. The van der Waals surface area contributed by atoms with E-state index < -0.39 is 0 Å². The Morgan fingerprint density at radius 1 is 1.78 bits per heavy atom. The monoisotopic (exact) mass is 127 g/mol. The average molecular weight is 127 g/mol. The van der Waals surface area contributed by atoms with Crippen LogP contribution in [0.3, 0.4) is 0 Å². The molecule has 1 rings (SSSR count). The number of rotatable bonds is 2. The molecule has 1 N–H and O–H groups in total. The van der Waals surface area contributed by atoms with Gasteiger partial charge in [0.25, 0.3) is 0 Å². The second-order valence-corrected chi connectivity index (χ2v) is 3.02. The molecule has 1 fully saturated rings. The lowest BCUT2D eigenvalue weighted by molar-refractivity contribution is -0.121. The van der Waals surface area contributed by atoms with E-state index in [-0.39, 0.29) is 5.41 Å². The molecule has 0 amide bonds. The van der Waals surface area contributed by atoms with E-state index in [9.17, 15) is 4.79 Å². The molecule has 2 heteroatoms. The Balaban J connectivity index is 2.52. The third-order valence-corrected chi connectivity index (χ3v) is 2.39. The van der Waals surface area contributed by atoms with Gasteiger partial charge < -0.3 is 5.32 Å². The van der Waals surface area contributed by atoms with Gasteiger partial charge in [0.05, 0.1) is 0 Å². The summed E-state index contributed by atoms with van der Waals surface area (Å²) in [5, 5.41) is 3.09. The fourth-order valence-corrected chi connectivity index (χ4v) is 1.17. The molecule has 0 radical (unpaired) electrons. The van der Waals surface area contributed by atoms with Crippen LogP contribution in [0.15, 0.2) is 0 Å². The zero-order valence-corrected chi connectivity index (χ0v) is 6.19. The lowest BCUT2D eigenvalue weighted by Crippen LogP contribution is -2.21. The highest BCUT2D eigenvalue weighted by atomic mass is 16.1. The first-order valence-corrected chi connectivity index (χ1v) is 3.29. The average Bonchev–Trinajstić information content (AvgIpc) is 2.44. The van der Waals surface area contributed by atoms with Gasteiger partial charge in [0.15, 0.2) is 0 Å². The summed E-state index contributed by atoms with van der Waals surface area (Å²) in [7, 11) is 1.90. The SMILES string of the molecule is CN[C@@H]1C[C@]1(C)C(C)=O. The maximum Gasteiger partial charge on any atom is 0.137 e. The molecule has 0 heterocycles. The summed E-state index contributed by atoms with van der Waals surface area (Å²) in [6.07, 6.45) is 1.01. The van der Waals surface area contributed by atoms with Crippen LogP contribution < -0.4 is 5.32 Å². The molecular weight excluding hydrogens is 114 g/mol. The van der Waals surface area contributed by atoms with E-state index in [0.29, 0.717) is 11.8 Å². The van der Waals surface area contributed by atoms with Gasteiger partial charge in [-0.25, -0.2) is 0 Å².